The molecule has 0 spiro atoms. The molecule has 0 aliphatic heterocycles. The average Bonchev–Trinajstić information content (AvgIpc) is 2.56. The number of carbonyl (C=O) groups excluding carboxylic acids is 2. The summed E-state index contributed by atoms with van der Waals surface area (Å²) < 4.78 is 0. The van der Waals surface area contributed by atoms with Crippen LogP contribution in [-0.2, 0) is 4.79 Å². The average molecular weight is 359 g/mol. The highest BCUT2D eigenvalue weighted by Gasteiger charge is 2.15. The summed E-state index contributed by atoms with van der Waals surface area (Å²) in [6.07, 6.45) is 0. The Morgan fingerprint density at radius 3 is 2.32 bits per heavy atom. The summed E-state index contributed by atoms with van der Waals surface area (Å²) in [6.45, 7) is 8.16. The van der Waals surface area contributed by atoms with E-state index in [2.05, 4.69) is 5.32 Å². The van der Waals surface area contributed by atoms with Gasteiger partial charge in [0.25, 0.3) is 5.91 Å². The van der Waals surface area contributed by atoms with Gasteiger partial charge in [0.15, 0.2) is 0 Å². The molecule has 4 nitrogen and oxygen atoms in total. The lowest BCUT2D eigenvalue weighted by Gasteiger charge is -2.23. The maximum Gasteiger partial charge on any atom is 0.251 e. The third kappa shape index (κ3) is 4.83. The molecule has 5 heteroatoms. The molecule has 0 radical (unpaired) electrons. The van der Waals surface area contributed by atoms with Crippen LogP contribution in [0.5, 0.6) is 0 Å². The second-order valence-electron chi connectivity index (χ2n) is 6.16. The highest BCUT2D eigenvalue weighted by atomic mass is 35.5. The molecule has 0 saturated heterocycles. The van der Waals surface area contributed by atoms with Gasteiger partial charge in [-0.3, -0.25) is 9.59 Å². The van der Waals surface area contributed by atoms with Crippen LogP contribution in [0.4, 0.5) is 5.69 Å². The predicted molar refractivity (Wildman–Crippen MR) is 102 cm³/mol. The van der Waals surface area contributed by atoms with Crippen molar-refractivity contribution >= 4 is 29.1 Å². The maximum atomic E-state index is 12.3. The predicted octanol–water partition coefficient (Wildman–Crippen LogP) is 4.05. The number of hydrogen-bond donors (Lipinski definition) is 1. The fraction of sp³-hybridized carbons (Fsp3) is 0.300. The molecule has 2 aromatic rings. The first-order valence-electron chi connectivity index (χ1n) is 8.19. The van der Waals surface area contributed by atoms with Crippen LogP contribution in [0.2, 0.25) is 5.02 Å². The van der Waals surface area contributed by atoms with E-state index in [9.17, 15) is 9.59 Å². The molecule has 0 bridgehead atoms. The van der Waals surface area contributed by atoms with Crippen LogP contribution in [-0.4, -0.2) is 24.9 Å². The molecular weight excluding hydrogens is 336 g/mol. The number of halogens is 1. The van der Waals surface area contributed by atoms with Crippen LogP contribution in [0, 0.1) is 20.8 Å². The summed E-state index contributed by atoms with van der Waals surface area (Å²) >= 11 is 6.05. The van der Waals surface area contributed by atoms with E-state index in [1.807, 2.05) is 45.0 Å². The Hall–Kier alpha value is -2.33. The van der Waals surface area contributed by atoms with Gasteiger partial charge >= 0.3 is 0 Å². The van der Waals surface area contributed by atoms with E-state index in [0.717, 1.165) is 22.4 Å². The summed E-state index contributed by atoms with van der Waals surface area (Å²) in [5.74, 6) is -0.236. The molecular formula is C20H23ClN2O2. The van der Waals surface area contributed by atoms with E-state index < -0.39 is 0 Å². The van der Waals surface area contributed by atoms with Crippen molar-refractivity contribution in [3.05, 3.63) is 63.7 Å². The largest absolute Gasteiger partial charge is 0.350 e. The first-order chi connectivity index (χ1) is 11.8. The number of carbonyl (C=O) groups is 2. The van der Waals surface area contributed by atoms with E-state index in [1.165, 1.54) is 6.92 Å². The van der Waals surface area contributed by atoms with Gasteiger partial charge in [-0.2, -0.15) is 0 Å². The number of nitrogens with zero attached hydrogens (tertiary/aromatic N) is 1. The van der Waals surface area contributed by atoms with Gasteiger partial charge in [-0.1, -0.05) is 23.7 Å². The third-order valence-electron chi connectivity index (χ3n) is 4.23. The third-order valence-corrected chi connectivity index (χ3v) is 4.47. The highest BCUT2D eigenvalue weighted by Crippen LogP contribution is 2.24. The zero-order valence-corrected chi connectivity index (χ0v) is 15.8. The molecule has 1 N–H and O–H groups in total. The van der Waals surface area contributed by atoms with Crippen LogP contribution >= 0.6 is 11.6 Å². The van der Waals surface area contributed by atoms with Crippen molar-refractivity contribution in [3.8, 4) is 0 Å². The number of anilines is 1. The minimum Gasteiger partial charge on any atom is -0.350 e. The Bertz CT molecular complexity index is 802. The molecule has 0 aromatic heterocycles. The number of benzene rings is 2. The quantitative estimate of drug-likeness (QED) is 0.876. The van der Waals surface area contributed by atoms with Crippen molar-refractivity contribution in [2.45, 2.75) is 27.7 Å². The first kappa shape index (κ1) is 19.0. The lowest BCUT2D eigenvalue weighted by atomic mass is 10.1. The Balaban J connectivity index is 2.04. The molecule has 0 heterocycles. The van der Waals surface area contributed by atoms with Gasteiger partial charge in [-0.25, -0.2) is 0 Å². The smallest absolute Gasteiger partial charge is 0.251 e. The van der Waals surface area contributed by atoms with Crippen molar-refractivity contribution in [3.63, 3.8) is 0 Å². The molecule has 25 heavy (non-hydrogen) atoms. The molecule has 2 rings (SSSR count). The van der Waals surface area contributed by atoms with Crippen molar-refractivity contribution in [2.75, 3.05) is 18.0 Å². The number of nitrogens with one attached hydrogen (secondary N) is 1. The van der Waals surface area contributed by atoms with Crippen LogP contribution in [0.15, 0.2) is 36.4 Å². The molecule has 0 saturated carbocycles. The van der Waals surface area contributed by atoms with Crippen molar-refractivity contribution < 1.29 is 9.59 Å². The fourth-order valence-electron chi connectivity index (χ4n) is 2.59. The summed E-state index contributed by atoms with van der Waals surface area (Å²) in [4.78, 5) is 25.9. The van der Waals surface area contributed by atoms with Crippen LogP contribution < -0.4 is 10.2 Å². The molecule has 0 aliphatic rings. The summed E-state index contributed by atoms with van der Waals surface area (Å²) in [5.41, 5.74) is 4.57. The zero-order chi connectivity index (χ0) is 18.6. The normalized spacial score (nSPS) is 10.4. The minimum atomic E-state index is -0.144. The van der Waals surface area contributed by atoms with Gasteiger partial charge < -0.3 is 10.2 Å². The molecule has 2 aromatic carbocycles. The lowest BCUT2D eigenvalue weighted by molar-refractivity contribution is -0.116. The van der Waals surface area contributed by atoms with E-state index >= 15 is 0 Å². The van der Waals surface area contributed by atoms with E-state index in [1.54, 1.807) is 17.0 Å². The second-order valence-corrected chi connectivity index (χ2v) is 6.59. The lowest BCUT2D eigenvalue weighted by Crippen LogP contribution is -2.38. The SMILES string of the molecule is CC(=O)N(CCNC(=O)c1ccc(C)c(C)c1)c1cc(Cl)ccc1C. The van der Waals surface area contributed by atoms with Gasteiger partial charge in [0.1, 0.15) is 0 Å². The Morgan fingerprint density at radius 2 is 1.68 bits per heavy atom. The first-order valence-corrected chi connectivity index (χ1v) is 8.57. The summed E-state index contributed by atoms with van der Waals surface area (Å²) in [7, 11) is 0. The minimum absolute atomic E-state index is 0.0919. The van der Waals surface area contributed by atoms with Crippen molar-refractivity contribution in [1.29, 1.82) is 0 Å². The van der Waals surface area contributed by atoms with Crippen LogP contribution in [0.25, 0.3) is 0 Å². The number of aryl methyl sites for hydroxylation is 3. The van der Waals surface area contributed by atoms with Gasteiger partial charge in [0.2, 0.25) is 5.91 Å². The number of hydrogen-bond acceptors (Lipinski definition) is 2. The summed E-state index contributed by atoms with van der Waals surface area (Å²) in [5, 5.41) is 3.44. The second kappa shape index (κ2) is 8.17. The van der Waals surface area contributed by atoms with E-state index in [4.69, 9.17) is 11.6 Å². The highest BCUT2D eigenvalue weighted by molar-refractivity contribution is 6.31. The Labute approximate surface area is 153 Å². The number of rotatable bonds is 5. The molecule has 0 aliphatic carbocycles. The Kier molecular flexibility index (Phi) is 6.21. The maximum absolute atomic E-state index is 12.3. The summed E-state index contributed by atoms with van der Waals surface area (Å²) in [6, 6.07) is 11.0. The van der Waals surface area contributed by atoms with E-state index in [0.29, 0.717) is 23.7 Å². The van der Waals surface area contributed by atoms with Crippen molar-refractivity contribution in [1.82, 2.24) is 5.32 Å². The molecule has 0 fully saturated rings. The zero-order valence-electron chi connectivity index (χ0n) is 15.0. The topological polar surface area (TPSA) is 49.4 Å². The Morgan fingerprint density at radius 1 is 1.00 bits per heavy atom. The number of amides is 2. The van der Waals surface area contributed by atoms with E-state index in [-0.39, 0.29) is 11.8 Å². The van der Waals surface area contributed by atoms with Gasteiger partial charge in [0.05, 0.1) is 0 Å². The fourth-order valence-corrected chi connectivity index (χ4v) is 2.75. The molecule has 0 atom stereocenters. The van der Waals surface area contributed by atoms with Gasteiger partial charge in [0, 0.05) is 36.3 Å². The monoisotopic (exact) mass is 358 g/mol. The molecule has 2 amide bonds. The van der Waals surface area contributed by atoms with Gasteiger partial charge in [-0.05, 0) is 61.7 Å². The van der Waals surface area contributed by atoms with Gasteiger partial charge in [-0.15, -0.1) is 0 Å². The molecule has 132 valence electrons. The standard InChI is InChI=1S/C20H23ClN2O2/c1-13-5-7-17(11-15(13)3)20(25)22-9-10-23(16(4)24)19-12-18(21)8-6-14(19)2/h5-8,11-12H,9-10H2,1-4H3,(H,22,25). The van der Waals surface area contributed by atoms with Crippen molar-refractivity contribution in [2.24, 2.45) is 0 Å². The van der Waals surface area contributed by atoms with Crippen LogP contribution in [0.3, 0.4) is 0 Å². The molecule has 0 unspecified atom stereocenters. The van der Waals surface area contributed by atoms with Crippen LogP contribution in [0.1, 0.15) is 34.0 Å².